The van der Waals surface area contributed by atoms with E-state index in [4.69, 9.17) is 0 Å². The first-order chi connectivity index (χ1) is 12.3. The van der Waals surface area contributed by atoms with E-state index in [1.54, 1.807) is 11.8 Å². The number of benzene rings is 2. The van der Waals surface area contributed by atoms with Crippen LogP contribution < -0.4 is 0 Å². The summed E-state index contributed by atoms with van der Waals surface area (Å²) in [6, 6.07) is 18.8. The molecule has 4 nitrogen and oxygen atoms in total. The lowest BCUT2D eigenvalue weighted by molar-refractivity contribution is -0.129. The summed E-state index contributed by atoms with van der Waals surface area (Å²) in [5.41, 5.74) is 2.17. The second kappa shape index (κ2) is 7.31. The van der Waals surface area contributed by atoms with Gasteiger partial charge in [-0.15, -0.1) is 11.8 Å². The van der Waals surface area contributed by atoms with Crippen LogP contribution in [0.5, 0.6) is 0 Å². The van der Waals surface area contributed by atoms with Gasteiger partial charge in [-0.1, -0.05) is 30.3 Å². The third kappa shape index (κ3) is 3.56. The maximum absolute atomic E-state index is 12.5. The molecule has 25 heavy (non-hydrogen) atoms. The number of amides is 1. The van der Waals surface area contributed by atoms with Crippen molar-refractivity contribution in [2.24, 2.45) is 0 Å². The normalized spacial score (nSPS) is 17.3. The van der Waals surface area contributed by atoms with Crippen LogP contribution >= 0.6 is 11.8 Å². The Morgan fingerprint density at radius 3 is 2.80 bits per heavy atom. The van der Waals surface area contributed by atoms with Gasteiger partial charge in [0.1, 0.15) is 0 Å². The van der Waals surface area contributed by atoms with E-state index in [9.17, 15) is 4.79 Å². The van der Waals surface area contributed by atoms with E-state index in [-0.39, 0.29) is 5.91 Å². The van der Waals surface area contributed by atoms with Crippen LogP contribution in [0.3, 0.4) is 0 Å². The molecule has 128 valence electrons. The van der Waals surface area contributed by atoms with Crippen molar-refractivity contribution < 1.29 is 4.79 Å². The van der Waals surface area contributed by atoms with Gasteiger partial charge >= 0.3 is 0 Å². The molecule has 3 aromatic rings. The summed E-state index contributed by atoms with van der Waals surface area (Å²) in [7, 11) is 0. The highest BCUT2D eigenvalue weighted by Crippen LogP contribution is 2.26. The number of thioether (sulfide) groups is 1. The van der Waals surface area contributed by atoms with Crippen molar-refractivity contribution in [2.45, 2.75) is 23.8 Å². The van der Waals surface area contributed by atoms with Crippen molar-refractivity contribution in [1.82, 2.24) is 14.5 Å². The smallest absolute Gasteiger partial charge is 0.223 e. The van der Waals surface area contributed by atoms with Crippen molar-refractivity contribution in [3.63, 3.8) is 0 Å². The molecule has 2 aromatic carbocycles. The van der Waals surface area contributed by atoms with Crippen LogP contribution in [0.2, 0.25) is 0 Å². The molecule has 0 aliphatic carbocycles. The third-order valence-electron chi connectivity index (χ3n) is 4.72. The van der Waals surface area contributed by atoms with Crippen molar-refractivity contribution in [3.8, 4) is 0 Å². The Kier molecular flexibility index (Phi) is 4.74. The highest BCUT2D eigenvalue weighted by Gasteiger charge is 2.27. The predicted molar refractivity (Wildman–Crippen MR) is 102 cm³/mol. The average Bonchev–Trinajstić information content (AvgIpc) is 3.29. The number of nitrogens with zero attached hydrogens (tertiary/aromatic N) is 3. The number of likely N-dealkylation sites (tertiary alicyclic amines) is 1. The van der Waals surface area contributed by atoms with Crippen LogP contribution in [-0.4, -0.2) is 39.2 Å². The molecule has 1 atom stereocenters. The number of carbonyl (C=O) groups is 1. The lowest BCUT2D eigenvalue weighted by Gasteiger charge is -2.17. The van der Waals surface area contributed by atoms with Gasteiger partial charge in [0.05, 0.1) is 23.4 Å². The lowest BCUT2D eigenvalue weighted by atomic mass is 10.2. The first-order valence-corrected chi connectivity index (χ1v) is 9.67. The minimum Gasteiger partial charge on any atom is -0.341 e. The topological polar surface area (TPSA) is 38.1 Å². The molecular formula is C20H21N3OS. The molecular weight excluding hydrogens is 330 g/mol. The van der Waals surface area contributed by atoms with Crippen LogP contribution in [0.4, 0.5) is 0 Å². The van der Waals surface area contributed by atoms with E-state index >= 15 is 0 Å². The van der Waals surface area contributed by atoms with Gasteiger partial charge in [0.2, 0.25) is 5.91 Å². The predicted octanol–water partition coefficient (Wildman–Crippen LogP) is 3.99. The van der Waals surface area contributed by atoms with E-state index in [2.05, 4.69) is 27.8 Å². The number of fused-ring (bicyclic) bond motifs is 1. The Morgan fingerprint density at radius 1 is 1.12 bits per heavy atom. The largest absolute Gasteiger partial charge is 0.341 e. The Bertz CT molecular complexity index is 862. The average molecular weight is 351 g/mol. The highest BCUT2D eigenvalue weighted by atomic mass is 32.2. The zero-order valence-corrected chi connectivity index (χ0v) is 14.9. The van der Waals surface area contributed by atoms with Crippen molar-refractivity contribution in [1.29, 1.82) is 0 Å². The summed E-state index contributed by atoms with van der Waals surface area (Å²) in [6.07, 6.45) is 3.50. The van der Waals surface area contributed by atoms with Crippen LogP contribution in [0, 0.1) is 0 Å². The maximum Gasteiger partial charge on any atom is 0.223 e. The Morgan fingerprint density at radius 2 is 1.92 bits per heavy atom. The second-order valence-electron chi connectivity index (χ2n) is 6.33. The number of rotatable bonds is 5. The fourth-order valence-corrected chi connectivity index (χ4v) is 4.26. The Labute approximate surface area is 151 Å². The number of imidazole rings is 1. The maximum atomic E-state index is 12.5. The first-order valence-electron chi connectivity index (χ1n) is 8.68. The molecule has 1 amide bonds. The van der Waals surface area contributed by atoms with Gasteiger partial charge in [-0.2, -0.15) is 0 Å². The molecule has 5 heteroatoms. The molecule has 1 fully saturated rings. The zero-order chi connectivity index (χ0) is 17.1. The molecule has 1 aliphatic heterocycles. The summed E-state index contributed by atoms with van der Waals surface area (Å²) in [5, 5.41) is 0. The summed E-state index contributed by atoms with van der Waals surface area (Å²) in [6.45, 7) is 1.63. The molecule has 0 N–H and O–H groups in total. The number of aromatic nitrogens is 2. The Balaban J connectivity index is 1.33. The van der Waals surface area contributed by atoms with Crippen LogP contribution in [0.1, 0.15) is 18.9 Å². The lowest BCUT2D eigenvalue weighted by Crippen LogP contribution is -2.29. The van der Waals surface area contributed by atoms with E-state index in [0.29, 0.717) is 12.5 Å². The summed E-state index contributed by atoms with van der Waals surface area (Å²) < 4.78 is 2.22. The van der Waals surface area contributed by atoms with Crippen molar-refractivity contribution >= 4 is 28.7 Å². The van der Waals surface area contributed by atoms with E-state index < -0.39 is 0 Å². The zero-order valence-electron chi connectivity index (χ0n) is 14.0. The molecule has 4 rings (SSSR count). The minimum absolute atomic E-state index is 0.260. The number of hydrogen-bond acceptors (Lipinski definition) is 3. The number of carbonyl (C=O) groups excluding carboxylic acids is 1. The molecule has 0 saturated carbocycles. The first kappa shape index (κ1) is 16.2. The van der Waals surface area contributed by atoms with Crippen molar-refractivity contribution in [3.05, 3.63) is 60.9 Å². The fraction of sp³-hybridized carbons (Fsp3) is 0.300. The van der Waals surface area contributed by atoms with Gasteiger partial charge in [0.15, 0.2) is 0 Å². The van der Waals surface area contributed by atoms with Gasteiger partial charge in [-0.3, -0.25) is 4.79 Å². The van der Waals surface area contributed by atoms with Crippen LogP contribution in [0.15, 0.2) is 65.8 Å². The van der Waals surface area contributed by atoms with E-state index in [1.807, 2.05) is 47.6 Å². The summed E-state index contributed by atoms with van der Waals surface area (Å²) in [4.78, 5) is 20.2. The van der Waals surface area contributed by atoms with Gasteiger partial charge in [0, 0.05) is 30.2 Å². The van der Waals surface area contributed by atoms with E-state index in [1.165, 1.54) is 4.90 Å². The summed E-state index contributed by atoms with van der Waals surface area (Å²) in [5.74, 6) is 1.09. The minimum atomic E-state index is 0.260. The van der Waals surface area contributed by atoms with Crippen LogP contribution in [-0.2, 0) is 4.79 Å². The molecule has 1 aromatic heterocycles. The monoisotopic (exact) mass is 351 g/mol. The Hall–Kier alpha value is -2.27. The van der Waals surface area contributed by atoms with Crippen LogP contribution in [0.25, 0.3) is 11.0 Å². The molecule has 0 bridgehead atoms. The number of para-hydroxylation sites is 2. The van der Waals surface area contributed by atoms with Gasteiger partial charge in [-0.25, -0.2) is 4.98 Å². The molecule has 1 saturated heterocycles. The second-order valence-corrected chi connectivity index (χ2v) is 7.50. The summed E-state index contributed by atoms with van der Waals surface area (Å²) >= 11 is 1.75. The molecule has 0 spiro atoms. The number of hydrogen-bond donors (Lipinski definition) is 0. The van der Waals surface area contributed by atoms with Gasteiger partial charge in [-0.05, 0) is 30.7 Å². The molecule has 1 aliphatic rings. The quantitative estimate of drug-likeness (QED) is 0.652. The van der Waals surface area contributed by atoms with Gasteiger partial charge in [0.25, 0.3) is 0 Å². The molecule has 0 radical (unpaired) electrons. The third-order valence-corrected chi connectivity index (χ3v) is 5.73. The highest BCUT2D eigenvalue weighted by molar-refractivity contribution is 7.99. The molecule has 1 unspecified atom stereocenters. The van der Waals surface area contributed by atoms with Crippen molar-refractivity contribution in [2.75, 3.05) is 18.8 Å². The van der Waals surface area contributed by atoms with Gasteiger partial charge < -0.3 is 9.47 Å². The standard InChI is InChI=1S/C20H21N3OS/c24-20(11-13-25-17-6-2-1-3-7-17)22-12-10-16(14-22)23-15-21-18-8-4-5-9-19(18)23/h1-9,15-16H,10-14H2. The van der Waals surface area contributed by atoms with E-state index in [0.717, 1.165) is 36.3 Å². The molecule has 2 heterocycles. The fourth-order valence-electron chi connectivity index (χ4n) is 3.40. The SMILES string of the molecule is O=C(CCSc1ccccc1)N1CCC(n2cnc3ccccc32)C1.